The predicted molar refractivity (Wildman–Crippen MR) is 199 cm³/mol. The standard InChI is InChI=1S/C41H26F26NO2P/c42-30(43,32(46,47)34(50,51)36(54,55)38(58,59)40(62,63)64)20-18-22-6-14-27(15-7-22)71(26-4-2-1-3-5-26,68-25-12-10-24(11-13-25)29(69)70)28-16-8-23(9-17-28)19-21-31(44,45)33(48,49)35(52,53)37(56,57)39(60,61)41(65,66)67/h1-17H,18-21H2,(H,69,70). The summed E-state index contributed by atoms with van der Waals surface area (Å²) < 4.78 is 361. The van der Waals surface area contributed by atoms with E-state index in [9.17, 15) is 124 Å². The molecule has 0 aliphatic carbocycles. The molecule has 0 bridgehead atoms. The van der Waals surface area contributed by atoms with Gasteiger partial charge >= 0.3 is 77.5 Å². The van der Waals surface area contributed by atoms with Crippen LogP contribution < -0.4 is 15.9 Å². The fourth-order valence-corrected chi connectivity index (χ4v) is 9.87. The summed E-state index contributed by atoms with van der Waals surface area (Å²) in [7, 11) is -3.90. The number of hydrogen-bond donors (Lipinski definition) is 1. The zero-order valence-corrected chi connectivity index (χ0v) is 35.1. The maximum atomic E-state index is 14.7. The Morgan fingerprint density at radius 1 is 0.380 bits per heavy atom. The van der Waals surface area contributed by atoms with Crippen LogP contribution in [0.2, 0.25) is 0 Å². The zero-order chi connectivity index (χ0) is 54.7. The molecule has 0 unspecified atom stereocenters. The molecule has 0 radical (unpaired) electrons. The van der Waals surface area contributed by atoms with Gasteiger partial charge in [-0.05, 0) is 48.2 Å². The highest BCUT2D eigenvalue weighted by Crippen LogP contribution is 2.62. The van der Waals surface area contributed by atoms with Gasteiger partial charge in [0.15, 0.2) is 0 Å². The minimum absolute atomic E-state index is 0.0786. The Bertz CT molecular complexity index is 2430. The molecule has 0 aliphatic rings. The van der Waals surface area contributed by atoms with E-state index in [4.69, 9.17) is 4.74 Å². The molecule has 71 heavy (non-hydrogen) atoms. The van der Waals surface area contributed by atoms with Gasteiger partial charge in [0.2, 0.25) is 0 Å². The number of aryl methyl sites for hydroxylation is 2. The summed E-state index contributed by atoms with van der Waals surface area (Å²) >= 11 is 0. The van der Waals surface area contributed by atoms with E-state index in [1.165, 1.54) is 30.3 Å². The first kappa shape index (κ1) is 58.3. The van der Waals surface area contributed by atoms with Crippen molar-refractivity contribution in [3.63, 3.8) is 0 Å². The van der Waals surface area contributed by atoms with Crippen molar-refractivity contribution in [3.8, 4) is 0 Å². The SMILES string of the molecule is O=C(O)c1ccc(N=P(c2ccccc2)(c2ccc(CCC(F)(F)C(F)(F)C(F)(F)C(F)(F)C(F)(F)C(F)(F)F)cc2)c2ccc(CCC(F)(F)C(F)(F)C(F)(F)C(F)(F)C(F)(F)C(F)(F)F)cc2)cc1. The van der Waals surface area contributed by atoms with Gasteiger partial charge < -0.3 is 5.11 Å². The van der Waals surface area contributed by atoms with Gasteiger partial charge in [-0.3, -0.25) is 4.74 Å². The number of carbonyl (C=O) groups is 1. The average Bonchev–Trinajstić information content (AvgIpc) is 3.26. The third kappa shape index (κ3) is 9.75. The molecule has 394 valence electrons. The van der Waals surface area contributed by atoms with Gasteiger partial charge in [-0.2, -0.15) is 114 Å². The normalized spacial score (nSPS) is 14.7. The van der Waals surface area contributed by atoms with Gasteiger partial charge in [0, 0.05) is 28.8 Å². The van der Waals surface area contributed by atoms with Gasteiger partial charge in [-0.25, -0.2) is 4.79 Å². The van der Waals surface area contributed by atoms with Crippen LogP contribution in [0, 0.1) is 0 Å². The molecule has 0 spiro atoms. The Balaban J connectivity index is 1.80. The lowest BCUT2D eigenvalue weighted by Gasteiger charge is -2.39. The molecule has 3 nitrogen and oxygen atoms in total. The molecule has 0 saturated carbocycles. The van der Waals surface area contributed by atoms with E-state index in [1.54, 1.807) is 0 Å². The largest absolute Gasteiger partial charge is 0.478 e. The topological polar surface area (TPSA) is 49.7 Å². The lowest BCUT2D eigenvalue weighted by atomic mass is 9.91. The minimum atomic E-state index is -8.14. The number of hydrogen-bond acceptors (Lipinski definition) is 2. The van der Waals surface area contributed by atoms with E-state index in [-0.39, 0.29) is 27.2 Å². The number of alkyl halides is 26. The second-order valence-electron chi connectivity index (χ2n) is 15.3. The second kappa shape index (κ2) is 18.7. The van der Waals surface area contributed by atoms with E-state index in [0.29, 0.717) is 0 Å². The van der Waals surface area contributed by atoms with Crippen LogP contribution in [0.5, 0.6) is 0 Å². The molecular weight excluding hydrogens is 1060 g/mol. The number of rotatable bonds is 19. The molecular formula is C41H26F26NO2P. The fourth-order valence-electron chi connectivity index (χ4n) is 6.39. The lowest BCUT2D eigenvalue weighted by molar-refractivity contribution is -0.440. The van der Waals surface area contributed by atoms with Gasteiger partial charge in [0.05, 0.1) is 18.3 Å². The summed E-state index contributed by atoms with van der Waals surface area (Å²) in [5, 5.41) is 9.34. The Morgan fingerprint density at radius 2 is 0.676 bits per heavy atom. The number of nitrogens with zero attached hydrogens (tertiary/aromatic N) is 1. The molecule has 0 heterocycles. The van der Waals surface area contributed by atoms with Crippen LogP contribution in [-0.2, 0) is 12.8 Å². The van der Waals surface area contributed by atoms with Crippen molar-refractivity contribution < 1.29 is 124 Å². The maximum absolute atomic E-state index is 14.7. The van der Waals surface area contributed by atoms with Crippen molar-refractivity contribution in [2.75, 3.05) is 0 Å². The first-order valence-electron chi connectivity index (χ1n) is 19.0. The highest BCUT2D eigenvalue weighted by molar-refractivity contribution is 7.87. The zero-order valence-electron chi connectivity index (χ0n) is 34.2. The third-order valence-electron chi connectivity index (χ3n) is 10.6. The van der Waals surface area contributed by atoms with E-state index in [1.807, 2.05) is 0 Å². The molecule has 0 aliphatic heterocycles. The van der Waals surface area contributed by atoms with Crippen molar-refractivity contribution in [2.24, 2.45) is 4.74 Å². The summed E-state index contributed by atoms with van der Waals surface area (Å²) in [6.45, 7) is 0. The smallest absolute Gasteiger partial charge is 0.460 e. The fraction of sp³-hybridized carbons (Fsp3) is 0.390. The molecule has 0 fully saturated rings. The first-order valence-corrected chi connectivity index (χ1v) is 20.7. The van der Waals surface area contributed by atoms with E-state index in [2.05, 4.69) is 0 Å². The van der Waals surface area contributed by atoms with Crippen molar-refractivity contribution in [1.82, 2.24) is 0 Å². The summed E-state index contributed by atoms with van der Waals surface area (Å²) in [5.41, 5.74) is -1.57. The van der Waals surface area contributed by atoms with Crippen LogP contribution in [-0.4, -0.2) is 82.7 Å². The molecule has 0 saturated heterocycles. The van der Waals surface area contributed by atoms with Crippen molar-refractivity contribution in [3.05, 3.63) is 120 Å². The molecule has 4 rings (SSSR count). The third-order valence-corrected chi connectivity index (χ3v) is 14.2. The predicted octanol–water partition coefficient (Wildman–Crippen LogP) is 14.5. The molecule has 0 aromatic heterocycles. The van der Waals surface area contributed by atoms with Crippen molar-refractivity contribution in [1.29, 1.82) is 0 Å². The van der Waals surface area contributed by atoms with Crippen LogP contribution in [0.25, 0.3) is 0 Å². The van der Waals surface area contributed by atoms with Crippen LogP contribution in [0.1, 0.15) is 34.3 Å². The van der Waals surface area contributed by atoms with Gasteiger partial charge in [0.25, 0.3) is 0 Å². The molecule has 0 atom stereocenters. The quantitative estimate of drug-likeness (QED) is 0.0751. The molecule has 4 aromatic carbocycles. The Kier molecular flexibility index (Phi) is 15.3. The molecule has 30 heteroatoms. The summed E-state index contributed by atoms with van der Waals surface area (Å²) in [4.78, 5) is 11.5. The second-order valence-corrected chi connectivity index (χ2v) is 18.3. The van der Waals surface area contributed by atoms with Gasteiger partial charge in [-0.15, -0.1) is 0 Å². The van der Waals surface area contributed by atoms with Crippen molar-refractivity contribution in [2.45, 2.75) is 97.3 Å². The van der Waals surface area contributed by atoms with Crippen LogP contribution in [0.15, 0.2) is 108 Å². The van der Waals surface area contributed by atoms with Gasteiger partial charge in [-0.1, -0.05) is 78.9 Å². The van der Waals surface area contributed by atoms with E-state index < -0.39 is 121 Å². The van der Waals surface area contributed by atoms with E-state index >= 15 is 0 Å². The Morgan fingerprint density at radius 3 is 0.972 bits per heavy atom. The van der Waals surface area contributed by atoms with Crippen molar-refractivity contribution >= 4 is 34.6 Å². The maximum Gasteiger partial charge on any atom is 0.460 e. The number of halogens is 26. The Labute approximate surface area is 380 Å². The average molecular weight is 1090 g/mol. The summed E-state index contributed by atoms with van der Waals surface area (Å²) in [6, 6.07) is 18.2. The number of carboxylic acid groups (broad SMARTS) is 1. The monoisotopic (exact) mass is 1090 g/mol. The number of aromatic carboxylic acids is 1. The van der Waals surface area contributed by atoms with Gasteiger partial charge in [0.1, 0.15) is 0 Å². The van der Waals surface area contributed by atoms with Crippen LogP contribution in [0.3, 0.4) is 0 Å². The number of carboxylic acids is 1. The highest BCUT2D eigenvalue weighted by atomic mass is 31.2. The number of benzene rings is 4. The first-order chi connectivity index (χ1) is 31.9. The minimum Gasteiger partial charge on any atom is -0.478 e. The molecule has 4 aromatic rings. The van der Waals surface area contributed by atoms with Crippen LogP contribution in [0.4, 0.5) is 120 Å². The summed E-state index contributed by atoms with van der Waals surface area (Å²) in [6.07, 6.45) is -23.6. The van der Waals surface area contributed by atoms with E-state index in [0.717, 1.165) is 72.8 Å². The highest BCUT2D eigenvalue weighted by Gasteiger charge is 2.92. The Hall–Kier alpha value is -5.24. The summed E-state index contributed by atoms with van der Waals surface area (Å²) in [5.74, 6) is -77.8. The molecule has 1 N–H and O–H groups in total. The molecule has 0 amide bonds. The van der Waals surface area contributed by atoms with Crippen LogP contribution >= 0.6 is 7.05 Å². The lowest BCUT2D eigenvalue weighted by Crippen LogP contribution is -2.70.